The van der Waals surface area contributed by atoms with E-state index in [-0.39, 0.29) is 12.4 Å². The molecule has 4 rings (SSSR count). The van der Waals surface area contributed by atoms with Gasteiger partial charge in [0.2, 0.25) is 0 Å². The lowest BCUT2D eigenvalue weighted by Crippen LogP contribution is -2.48. The number of ether oxygens (including phenoxy) is 1. The van der Waals surface area contributed by atoms with Gasteiger partial charge in [-0.05, 0) is 0 Å². The van der Waals surface area contributed by atoms with Crippen LogP contribution in [0.1, 0.15) is 6.23 Å². The second-order valence-corrected chi connectivity index (χ2v) is 6.67. The van der Waals surface area contributed by atoms with Crippen molar-refractivity contribution in [3.63, 3.8) is 0 Å². The minimum absolute atomic E-state index is 0.0945. The van der Waals surface area contributed by atoms with Gasteiger partial charge < -0.3 is 20.5 Å². The van der Waals surface area contributed by atoms with Crippen LogP contribution in [-0.4, -0.2) is 54.4 Å². The summed E-state index contributed by atoms with van der Waals surface area (Å²) in [7, 11) is -3.91. The van der Waals surface area contributed by atoms with Gasteiger partial charge in [-0.15, -0.1) is 0 Å². The first-order valence-corrected chi connectivity index (χ1v) is 8.06. The summed E-state index contributed by atoms with van der Waals surface area (Å²) in [6.07, 6.45) is 0.241. The van der Waals surface area contributed by atoms with E-state index in [0.29, 0.717) is 11.2 Å². The molecule has 0 aromatic carbocycles. The quantitative estimate of drug-likeness (QED) is 0.466. The summed E-state index contributed by atoms with van der Waals surface area (Å²) in [4.78, 5) is 21.5. The normalized spacial score (nSPS) is 38.3. The first kappa shape index (κ1) is 14.0. The van der Waals surface area contributed by atoms with Crippen LogP contribution >= 0.6 is 7.75 Å². The molecule has 2 aromatic heterocycles. The highest BCUT2D eigenvalue weighted by Gasteiger charge is 2.51. The molecular weight excluding hydrogens is 315 g/mol. The van der Waals surface area contributed by atoms with Crippen molar-refractivity contribution in [3.8, 4) is 0 Å². The molecule has 0 saturated carbocycles. The van der Waals surface area contributed by atoms with Gasteiger partial charge in [0.1, 0.15) is 24.1 Å². The molecule has 0 aliphatic carbocycles. The summed E-state index contributed by atoms with van der Waals surface area (Å²) in [5.74, 6) is 0.218. The summed E-state index contributed by atoms with van der Waals surface area (Å²) in [5.41, 5.74) is 6.52. The fourth-order valence-corrected chi connectivity index (χ4v) is 3.85. The summed E-state index contributed by atoms with van der Waals surface area (Å²) >= 11 is 0. The van der Waals surface area contributed by atoms with Gasteiger partial charge in [0, 0.05) is 0 Å². The Balaban J connectivity index is 1.71. The number of aliphatic hydroxyl groups is 1. The molecule has 22 heavy (non-hydrogen) atoms. The van der Waals surface area contributed by atoms with Crippen LogP contribution in [0.25, 0.3) is 11.2 Å². The number of fused-ring (bicyclic) bond motifs is 2. The van der Waals surface area contributed by atoms with E-state index in [9.17, 15) is 14.6 Å². The van der Waals surface area contributed by atoms with Gasteiger partial charge in [0.15, 0.2) is 17.7 Å². The molecule has 2 aromatic rings. The van der Waals surface area contributed by atoms with E-state index < -0.39 is 32.2 Å². The lowest BCUT2D eigenvalue weighted by Gasteiger charge is -2.29. The molecule has 118 valence electrons. The van der Waals surface area contributed by atoms with Gasteiger partial charge in [-0.3, -0.25) is 9.09 Å². The predicted molar refractivity (Wildman–Crippen MR) is 72.4 cm³/mol. The molecule has 2 aliphatic heterocycles. The van der Waals surface area contributed by atoms with Crippen molar-refractivity contribution in [2.45, 2.75) is 24.5 Å². The van der Waals surface area contributed by atoms with Crippen molar-refractivity contribution in [1.29, 1.82) is 0 Å². The molecule has 5 atom stereocenters. The number of hydrogen-bond donors (Lipinski definition) is 4. The Hall–Kier alpha value is -1.62. The number of hydrogen-bond acceptors (Lipinski definition) is 8. The SMILES string of the molecule is Nc1ncnc2c1ncn2[C@@H]1O[C@@H]2COP(=O)(O)N[C@H]2[C@H]1O. The number of rotatable bonds is 1. The van der Waals surface area contributed by atoms with Crippen molar-refractivity contribution >= 4 is 24.7 Å². The molecule has 5 N–H and O–H groups in total. The maximum atomic E-state index is 11.6. The Bertz CT molecular complexity index is 782. The number of nitrogen functional groups attached to an aromatic ring is 1. The standard InChI is InChI=1S/C10H13N6O5P/c11-8-6-9(13-2-12-8)16(3-14-6)10-7(17)5-4(21-10)1-20-22(18,19)15-5/h2-5,7,10,17H,1H2,(H2,11,12,13)(H2,15,18,19)/t4-,5-,7-,10-/m1/s1. The van der Waals surface area contributed by atoms with E-state index in [2.05, 4.69) is 20.0 Å². The molecule has 0 radical (unpaired) electrons. The first-order valence-electron chi connectivity index (χ1n) is 6.48. The molecule has 0 bridgehead atoms. The zero-order valence-electron chi connectivity index (χ0n) is 11.1. The van der Waals surface area contributed by atoms with E-state index in [0.717, 1.165) is 0 Å². The van der Waals surface area contributed by atoms with Crippen LogP contribution in [0.4, 0.5) is 5.82 Å². The number of anilines is 1. The number of aromatic nitrogens is 4. The number of nitrogens with one attached hydrogen (secondary N) is 1. The highest BCUT2D eigenvalue weighted by molar-refractivity contribution is 7.50. The van der Waals surface area contributed by atoms with Gasteiger partial charge in [-0.25, -0.2) is 24.6 Å². The summed E-state index contributed by atoms with van der Waals surface area (Å²) in [5, 5.41) is 12.8. The largest absolute Gasteiger partial charge is 0.403 e. The molecule has 12 heteroatoms. The molecule has 0 amide bonds. The molecule has 2 fully saturated rings. The molecule has 2 saturated heterocycles. The van der Waals surface area contributed by atoms with Gasteiger partial charge in [-0.1, -0.05) is 0 Å². The van der Waals surface area contributed by atoms with Gasteiger partial charge >= 0.3 is 7.75 Å². The number of nitrogens with two attached hydrogens (primary N) is 1. The van der Waals surface area contributed by atoms with Crippen molar-refractivity contribution < 1.29 is 23.8 Å². The van der Waals surface area contributed by atoms with E-state index in [1.807, 2.05) is 0 Å². The average molecular weight is 328 g/mol. The van der Waals surface area contributed by atoms with Crippen LogP contribution in [0.2, 0.25) is 0 Å². The van der Waals surface area contributed by atoms with Crippen molar-refractivity contribution in [3.05, 3.63) is 12.7 Å². The van der Waals surface area contributed by atoms with Crippen LogP contribution in [-0.2, 0) is 13.8 Å². The second kappa shape index (κ2) is 4.69. The van der Waals surface area contributed by atoms with Crippen LogP contribution < -0.4 is 10.8 Å². The van der Waals surface area contributed by atoms with E-state index in [1.54, 1.807) is 0 Å². The van der Waals surface area contributed by atoms with Crippen molar-refractivity contribution in [2.75, 3.05) is 12.3 Å². The number of nitrogens with zero attached hydrogens (tertiary/aromatic N) is 4. The first-order chi connectivity index (χ1) is 10.5. The van der Waals surface area contributed by atoms with Crippen molar-refractivity contribution in [2.24, 2.45) is 0 Å². The summed E-state index contributed by atoms with van der Waals surface area (Å²) < 4.78 is 23.6. The molecule has 0 spiro atoms. The molecular formula is C10H13N6O5P. The monoisotopic (exact) mass is 328 g/mol. The third-order valence-electron chi connectivity index (χ3n) is 3.76. The van der Waals surface area contributed by atoms with Crippen molar-refractivity contribution in [1.82, 2.24) is 24.6 Å². The van der Waals surface area contributed by atoms with E-state index >= 15 is 0 Å². The number of imidazole rings is 1. The third-order valence-corrected chi connectivity index (χ3v) is 4.89. The van der Waals surface area contributed by atoms with Gasteiger partial charge in [0.25, 0.3) is 0 Å². The minimum atomic E-state index is -3.91. The Kier molecular flexibility index (Phi) is 2.98. The average Bonchev–Trinajstić information content (AvgIpc) is 3.01. The highest BCUT2D eigenvalue weighted by Crippen LogP contribution is 2.46. The second-order valence-electron chi connectivity index (χ2n) is 5.11. The smallest absolute Gasteiger partial charge is 0.387 e. The Morgan fingerprint density at radius 1 is 1.45 bits per heavy atom. The van der Waals surface area contributed by atoms with Crippen LogP contribution in [0.3, 0.4) is 0 Å². The third kappa shape index (κ3) is 2.02. The van der Waals surface area contributed by atoms with E-state index in [1.165, 1.54) is 17.2 Å². The molecule has 1 unspecified atom stereocenters. The predicted octanol–water partition coefficient (Wildman–Crippen LogP) is -1.24. The molecule has 2 aliphatic rings. The lowest BCUT2D eigenvalue weighted by molar-refractivity contribution is -0.0483. The Morgan fingerprint density at radius 3 is 3.09 bits per heavy atom. The Morgan fingerprint density at radius 2 is 2.27 bits per heavy atom. The molecule has 4 heterocycles. The van der Waals surface area contributed by atoms with Gasteiger partial charge in [-0.2, -0.15) is 0 Å². The van der Waals surface area contributed by atoms with Crippen LogP contribution in [0.5, 0.6) is 0 Å². The summed E-state index contributed by atoms with van der Waals surface area (Å²) in [6, 6.07) is -0.730. The van der Waals surface area contributed by atoms with Gasteiger partial charge in [0.05, 0.1) is 19.0 Å². The van der Waals surface area contributed by atoms with Crippen LogP contribution in [0, 0.1) is 0 Å². The zero-order chi connectivity index (χ0) is 15.5. The Labute approximate surface area is 123 Å². The maximum Gasteiger partial charge on any atom is 0.403 e. The summed E-state index contributed by atoms with van der Waals surface area (Å²) in [6.45, 7) is -0.0945. The fourth-order valence-electron chi connectivity index (χ4n) is 2.73. The zero-order valence-corrected chi connectivity index (χ0v) is 12.0. The minimum Gasteiger partial charge on any atom is -0.387 e. The van der Waals surface area contributed by atoms with Crippen LogP contribution in [0.15, 0.2) is 12.7 Å². The fraction of sp³-hybridized carbons (Fsp3) is 0.500. The van der Waals surface area contributed by atoms with E-state index in [4.69, 9.17) is 15.0 Å². The molecule has 11 nitrogen and oxygen atoms in total. The maximum absolute atomic E-state index is 11.6. The number of aliphatic hydroxyl groups excluding tert-OH is 1. The lowest BCUT2D eigenvalue weighted by atomic mass is 10.1. The topological polar surface area (TPSA) is 158 Å². The highest BCUT2D eigenvalue weighted by atomic mass is 31.2.